The molecule has 7 heteroatoms. The van der Waals surface area contributed by atoms with E-state index >= 15 is 0 Å². The van der Waals surface area contributed by atoms with E-state index in [9.17, 15) is 14.3 Å². The van der Waals surface area contributed by atoms with Crippen molar-refractivity contribution in [3.05, 3.63) is 58.2 Å². The average Bonchev–Trinajstić information content (AvgIpc) is 3.16. The number of amides is 1. The molecule has 2 aromatic rings. The van der Waals surface area contributed by atoms with Crippen LogP contribution in [0.25, 0.3) is 17.2 Å². The van der Waals surface area contributed by atoms with Crippen molar-refractivity contribution >= 4 is 28.9 Å². The standard InChI is InChI=1S/C25H27FN2O3S/c1-4-25(2,3)19-15-17(6-8-21(19)29)18-13-16(5-7-20(18)26)14-22-23(30)27-24(32-22)28-9-11-31-12-10-28/h5-8,13-15,29H,4,9-12H2,1-3H3/b22-14+. The number of hydrogen-bond donors (Lipinski definition) is 1. The highest BCUT2D eigenvalue weighted by Gasteiger charge is 2.27. The summed E-state index contributed by atoms with van der Waals surface area (Å²) in [5.41, 5.74) is 2.38. The van der Waals surface area contributed by atoms with Gasteiger partial charge in [0.05, 0.1) is 18.1 Å². The van der Waals surface area contributed by atoms with Crippen LogP contribution in [0, 0.1) is 5.82 Å². The van der Waals surface area contributed by atoms with E-state index in [1.54, 1.807) is 30.3 Å². The summed E-state index contributed by atoms with van der Waals surface area (Å²) in [6.07, 6.45) is 2.59. The lowest BCUT2D eigenvalue weighted by Gasteiger charge is -2.27. The van der Waals surface area contributed by atoms with Gasteiger partial charge in [-0.05, 0) is 65.1 Å². The zero-order valence-electron chi connectivity index (χ0n) is 18.5. The first-order chi connectivity index (χ1) is 15.3. The molecule has 0 spiro atoms. The van der Waals surface area contributed by atoms with E-state index in [2.05, 4.69) is 30.7 Å². The van der Waals surface area contributed by atoms with E-state index in [4.69, 9.17) is 4.74 Å². The van der Waals surface area contributed by atoms with Crippen LogP contribution < -0.4 is 0 Å². The van der Waals surface area contributed by atoms with Crippen molar-refractivity contribution in [3.8, 4) is 16.9 Å². The number of aliphatic imine (C=N–C) groups is 1. The number of nitrogens with zero attached hydrogens (tertiary/aromatic N) is 2. The number of morpholine rings is 1. The van der Waals surface area contributed by atoms with Gasteiger partial charge in [0.25, 0.3) is 5.91 Å². The Morgan fingerprint density at radius 3 is 2.69 bits per heavy atom. The first-order valence-electron chi connectivity index (χ1n) is 10.8. The Hall–Kier alpha value is -2.64. The Morgan fingerprint density at radius 1 is 1.22 bits per heavy atom. The molecular formula is C25H27FN2O3S. The third-order valence-electron chi connectivity index (χ3n) is 6.10. The van der Waals surface area contributed by atoms with Crippen LogP contribution in [0.5, 0.6) is 5.75 Å². The number of aromatic hydroxyl groups is 1. The Morgan fingerprint density at radius 2 is 1.97 bits per heavy atom. The summed E-state index contributed by atoms with van der Waals surface area (Å²) in [6, 6.07) is 9.98. The molecule has 0 bridgehead atoms. The number of phenolic OH excluding ortho intramolecular Hbond substituents is 1. The maximum atomic E-state index is 14.8. The summed E-state index contributed by atoms with van der Waals surface area (Å²) in [4.78, 5) is 19.2. The second kappa shape index (κ2) is 9.08. The quantitative estimate of drug-likeness (QED) is 0.645. The smallest absolute Gasteiger partial charge is 0.286 e. The van der Waals surface area contributed by atoms with Gasteiger partial charge in [-0.25, -0.2) is 4.39 Å². The van der Waals surface area contributed by atoms with Gasteiger partial charge in [0, 0.05) is 24.2 Å². The van der Waals surface area contributed by atoms with Gasteiger partial charge < -0.3 is 14.7 Å². The second-order valence-electron chi connectivity index (χ2n) is 8.62. The molecule has 1 N–H and O–H groups in total. The Bertz CT molecular complexity index is 1100. The summed E-state index contributed by atoms with van der Waals surface area (Å²) >= 11 is 1.34. The number of hydrogen-bond acceptors (Lipinski definition) is 5. The summed E-state index contributed by atoms with van der Waals surface area (Å²) in [6.45, 7) is 8.84. The molecule has 168 valence electrons. The Kier molecular flexibility index (Phi) is 6.40. The van der Waals surface area contributed by atoms with Crippen molar-refractivity contribution in [2.24, 2.45) is 4.99 Å². The maximum Gasteiger partial charge on any atom is 0.286 e. The van der Waals surface area contributed by atoms with Crippen LogP contribution in [0.2, 0.25) is 0 Å². The largest absolute Gasteiger partial charge is 0.508 e. The van der Waals surface area contributed by atoms with Crippen molar-refractivity contribution in [1.82, 2.24) is 4.90 Å². The molecule has 2 aromatic carbocycles. The number of benzene rings is 2. The first-order valence-corrected chi connectivity index (χ1v) is 11.6. The molecule has 0 radical (unpaired) electrons. The fourth-order valence-corrected chi connectivity index (χ4v) is 4.69. The van der Waals surface area contributed by atoms with E-state index in [0.29, 0.717) is 47.5 Å². The van der Waals surface area contributed by atoms with Gasteiger partial charge in [-0.1, -0.05) is 32.9 Å². The van der Waals surface area contributed by atoms with Crippen LogP contribution in [0.15, 0.2) is 46.3 Å². The molecular weight excluding hydrogens is 427 g/mol. The third kappa shape index (κ3) is 4.59. The number of ether oxygens (including phenoxy) is 1. The summed E-state index contributed by atoms with van der Waals surface area (Å²) in [5.74, 6) is -0.423. The summed E-state index contributed by atoms with van der Waals surface area (Å²) in [7, 11) is 0. The van der Waals surface area contributed by atoms with Crippen LogP contribution in [0.4, 0.5) is 4.39 Å². The van der Waals surface area contributed by atoms with Gasteiger partial charge in [-0.3, -0.25) is 4.79 Å². The third-order valence-corrected chi connectivity index (χ3v) is 7.14. The van der Waals surface area contributed by atoms with E-state index in [1.807, 2.05) is 6.07 Å². The molecule has 0 saturated carbocycles. The van der Waals surface area contributed by atoms with Gasteiger partial charge in [0.15, 0.2) is 5.17 Å². The average molecular weight is 455 g/mol. The normalized spacial score (nSPS) is 18.4. The van der Waals surface area contributed by atoms with Gasteiger partial charge in [-0.2, -0.15) is 4.99 Å². The maximum absolute atomic E-state index is 14.8. The highest BCUT2D eigenvalue weighted by molar-refractivity contribution is 8.18. The Labute approximate surface area is 192 Å². The van der Waals surface area contributed by atoms with Crippen molar-refractivity contribution in [2.75, 3.05) is 26.3 Å². The number of amidine groups is 1. The van der Waals surface area contributed by atoms with Crippen LogP contribution in [-0.2, 0) is 14.9 Å². The van der Waals surface area contributed by atoms with Crippen molar-refractivity contribution in [1.29, 1.82) is 0 Å². The predicted octanol–water partition coefficient (Wildman–Crippen LogP) is 5.19. The molecule has 2 aliphatic heterocycles. The summed E-state index contributed by atoms with van der Waals surface area (Å²) < 4.78 is 20.1. The highest BCUT2D eigenvalue weighted by Crippen LogP contribution is 2.38. The fraction of sp³-hybridized carbons (Fsp3) is 0.360. The number of phenols is 1. The van der Waals surface area contributed by atoms with Crippen molar-refractivity contribution in [2.45, 2.75) is 32.6 Å². The van der Waals surface area contributed by atoms with Crippen molar-refractivity contribution in [3.63, 3.8) is 0 Å². The van der Waals surface area contributed by atoms with Crippen LogP contribution >= 0.6 is 11.8 Å². The topological polar surface area (TPSA) is 62.1 Å². The van der Waals surface area contributed by atoms with Crippen LogP contribution in [0.1, 0.15) is 38.3 Å². The molecule has 1 fully saturated rings. The molecule has 2 aliphatic rings. The zero-order chi connectivity index (χ0) is 22.9. The number of rotatable bonds is 4. The second-order valence-corrected chi connectivity index (χ2v) is 9.63. The number of carbonyl (C=O) groups is 1. The van der Waals surface area contributed by atoms with Gasteiger partial charge in [-0.15, -0.1) is 0 Å². The molecule has 0 aliphatic carbocycles. The number of carbonyl (C=O) groups excluding carboxylic acids is 1. The highest BCUT2D eigenvalue weighted by atomic mass is 32.2. The monoisotopic (exact) mass is 454 g/mol. The minimum atomic E-state index is -0.353. The first kappa shape index (κ1) is 22.6. The van der Waals surface area contributed by atoms with Gasteiger partial charge in [0.2, 0.25) is 0 Å². The molecule has 4 rings (SSSR count). The fourth-order valence-electron chi connectivity index (χ4n) is 3.73. The minimum absolute atomic E-state index is 0.208. The van der Waals surface area contributed by atoms with Crippen molar-refractivity contribution < 1.29 is 19.0 Å². The number of halogens is 1. The molecule has 1 amide bonds. The minimum Gasteiger partial charge on any atom is -0.508 e. The lowest BCUT2D eigenvalue weighted by molar-refractivity contribution is -0.113. The van der Waals surface area contributed by atoms with Crippen LogP contribution in [-0.4, -0.2) is 47.4 Å². The molecule has 2 heterocycles. The lowest BCUT2D eigenvalue weighted by atomic mass is 9.80. The molecule has 5 nitrogen and oxygen atoms in total. The Balaban J connectivity index is 1.63. The molecule has 0 aromatic heterocycles. The number of thioether (sulfide) groups is 1. The SMILES string of the molecule is CCC(C)(C)c1cc(-c2cc(/C=C3/SC(N4CCOCC4)=NC3=O)ccc2F)ccc1O. The summed E-state index contributed by atoms with van der Waals surface area (Å²) in [5, 5.41) is 11.0. The predicted molar refractivity (Wildman–Crippen MR) is 127 cm³/mol. The molecule has 0 atom stereocenters. The zero-order valence-corrected chi connectivity index (χ0v) is 19.3. The molecule has 1 saturated heterocycles. The van der Waals surface area contributed by atoms with E-state index in [-0.39, 0.29) is 22.9 Å². The van der Waals surface area contributed by atoms with E-state index in [0.717, 1.165) is 17.5 Å². The molecule has 32 heavy (non-hydrogen) atoms. The van der Waals surface area contributed by atoms with Crippen LogP contribution in [0.3, 0.4) is 0 Å². The van der Waals surface area contributed by atoms with E-state index in [1.165, 1.54) is 17.8 Å². The molecule has 0 unspecified atom stereocenters. The van der Waals surface area contributed by atoms with Gasteiger partial charge >= 0.3 is 0 Å². The lowest BCUT2D eigenvalue weighted by Crippen LogP contribution is -2.38. The van der Waals surface area contributed by atoms with Gasteiger partial charge in [0.1, 0.15) is 11.6 Å². The van der Waals surface area contributed by atoms with E-state index < -0.39 is 0 Å².